The van der Waals surface area contributed by atoms with Crippen molar-refractivity contribution in [2.75, 3.05) is 13.7 Å². The lowest BCUT2D eigenvalue weighted by molar-refractivity contribution is 0.333. The zero-order valence-corrected chi connectivity index (χ0v) is 11.5. The Kier molecular flexibility index (Phi) is 5.53. The summed E-state index contributed by atoms with van der Waals surface area (Å²) < 4.78 is 5.35. The molecule has 0 aromatic heterocycles. The molecule has 0 unspecified atom stereocenters. The second kappa shape index (κ2) is 7.42. The van der Waals surface area contributed by atoms with Crippen LogP contribution in [-0.2, 0) is 6.54 Å². The second-order valence-corrected chi connectivity index (χ2v) is 5.28. The van der Waals surface area contributed by atoms with Crippen molar-refractivity contribution in [1.29, 1.82) is 0 Å². The Morgan fingerprint density at radius 3 is 2.72 bits per heavy atom. The minimum absolute atomic E-state index is 0.913. The van der Waals surface area contributed by atoms with E-state index in [1.807, 2.05) is 12.1 Å². The molecule has 1 N–H and O–H groups in total. The molecule has 1 aliphatic rings. The Morgan fingerprint density at radius 2 is 1.94 bits per heavy atom. The fourth-order valence-corrected chi connectivity index (χ4v) is 2.85. The van der Waals surface area contributed by atoms with Crippen molar-refractivity contribution >= 4 is 0 Å². The number of benzene rings is 1. The molecule has 1 fully saturated rings. The number of hydrogen-bond acceptors (Lipinski definition) is 2. The number of para-hydroxylation sites is 1. The van der Waals surface area contributed by atoms with Gasteiger partial charge in [-0.05, 0) is 24.9 Å². The zero-order chi connectivity index (χ0) is 12.6. The molecule has 0 bridgehead atoms. The van der Waals surface area contributed by atoms with Crippen LogP contribution in [-0.4, -0.2) is 13.7 Å². The summed E-state index contributed by atoms with van der Waals surface area (Å²) in [5.41, 5.74) is 1.25. The minimum atomic E-state index is 0.913. The minimum Gasteiger partial charge on any atom is -0.496 e. The average molecular weight is 247 g/mol. The normalized spacial score (nSPS) is 16.7. The lowest BCUT2D eigenvalue weighted by atomic mass is 9.87. The third kappa shape index (κ3) is 4.02. The van der Waals surface area contributed by atoms with E-state index in [-0.39, 0.29) is 0 Å². The third-order valence-corrected chi connectivity index (χ3v) is 3.96. The van der Waals surface area contributed by atoms with Gasteiger partial charge in [0.05, 0.1) is 7.11 Å². The molecule has 0 radical (unpaired) electrons. The Balaban J connectivity index is 1.68. The predicted molar refractivity (Wildman–Crippen MR) is 75.9 cm³/mol. The molecule has 1 aliphatic carbocycles. The van der Waals surface area contributed by atoms with Crippen LogP contribution >= 0.6 is 0 Å². The van der Waals surface area contributed by atoms with Gasteiger partial charge >= 0.3 is 0 Å². The molecule has 0 aliphatic heterocycles. The van der Waals surface area contributed by atoms with Gasteiger partial charge in [-0.3, -0.25) is 0 Å². The summed E-state index contributed by atoms with van der Waals surface area (Å²) in [4.78, 5) is 0. The van der Waals surface area contributed by atoms with Gasteiger partial charge in [-0.15, -0.1) is 0 Å². The molecule has 2 nitrogen and oxygen atoms in total. The average Bonchev–Trinajstić information content (AvgIpc) is 2.45. The number of methoxy groups -OCH3 is 1. The van der Waals surface area contributed by atoms with E-state index in [9.17, 15) is 0 Å². The summed E-state index contributed by atoms with van der Waals surface area (Å²) in [6.07, 6.45) is 8.54. The Hall–Kier alpha value is -1.02. The summed E-state index contributed by atoms with van der Waals surface area (Å²) >= 11 is 0. The Bertz CT molecular complexity index is 345. The predicted octanol–water partition coefficient (Wildman–Crippen LogP) is 3.76. The van der Waals surface area contributed by atoms with Crippen LogP contribution in [0.15, 0.2) is 24.3 Å². The summed E-state index contributed by atoms with van der Waals surface area (Å²) in [5.74, 6) is 1.95. The first-order valence-corrected chi connectivity index (χ1v) is 7.23. The molecule has 0 heterocycles. The van der Waals surface area contributed by atoms with Crippen molar-refractivity contribution in [3.05, 3.63) is 29.8 Å². The number of ether oxygens (including phenoxy) is 1. The van der Waals surface area contributed by atoms with Crippen molar-refractivity contribution < 1.29 is 4.74 Å². The van der Waals surface area contributed by atoms with Gasteiger partial charge in [-0.25, -0.2) is 0 Å². The van der Waals surface area contributed by atoms with E-state index in [2.05, 4.69) is 17.4 Å². The van der Waals surface area contributed by atoms with Crippen LogP contribution in [0.2, 0.25) is 0 Å². The standard InChI is InChI=1S/C16H25NO/c1-18-16-10-6-5-9-15(16)13-17-12-11-14-7-3-2-4-8-14/h5-6,9-10,14,17H,2-4,7-8,11-13H2,1H3. The molecule has 0 spiro atoms. The van der Waals surface area contributed by atoms with Gasteiger partial charge in [0, 0.05) is 12.1 Å². The summed E-state index contributed by atoms with van der Waals surface area (Å²) in [6, 6.07) is 8.25. The first-order valence-electron chi connectivity index (χ1n) is 7.23. The van der Waals surface area contributed by atoms with Crippen LogP contribution in [0.5, 0.6) is 5.75 Å². The Morgan fingerprint density at radius 1 is 1.17 bits per heavy atom. The summed E-state index contributed by atoms with van der Waals surface area (Å²) in [5, 5.41) is 3.54. The maximum Gasteiger partial charge on any atom is 0.123 e. The van der Waals surface area contributed by atoms with Crippen LogP contribution < -0.4 is 10.1 Å². The molecule has 2 rings (SSSR count). The van der Waals surface area contributed by atoms with E-state index in [0.717, 1.165) is 24.8 Å². The highest BCUT2D eigenvalue weighted by atomic mass is 16.5. The first-order chi connectivity index (χ1) is 8.90. The van der Waals surface area contributed by atoms with E-state index in [1.54, 1.807) is 7.11 Å². The highest BCUT2D eigenvalue weighted by molar-refractivity contribution is 5.32. The van der Waals surface area contributed by atoms with Gasteiger partial charge < -0.3 is 10.1 Å². The van der Waals surface area contributed by atoms with Crippen LogP contribution in [0.4, 0.5) is 0 Å². The first kappa shape index (κ1) is 13.4. The molecule has 0 atom stereocenters. The molecule has 1 aromatic carbocycles. The highest BCUT2D eigenvalue weighted by Crippen LogP contribution is 2.25. The third-order valence-electron chi connectivity index (χ3n) is 3.96. The van der Waals surface area contributed by atoms with E-state index < -0.39 is 0 Å². The zero-order valence-electron chi connectivity index (χ0n) is 11.5. The van der Waals surface area contributed by atoms with Crippen LogP contribution in [0.1, 0.15) is 44.1 Å². The topological polar surface area (TPSA) is 21.3 Å². The Labute approximate surface area is 111 Å². The van der Waals surface area contributed by atoms with Crippen molar-refractivity contribution in [3.8, 4) is 5.75 Å². The van der Waals surface area contributed by atoms with Crippen molar-refractivity contribution in [3.63, 3.8) is 0 Å². The molecule has 0 amide bonds. The number of rotatable bonds is 6. The highest BCUT2D eigenvalue weighted by Gasteiger charge is 2.12. The fraction of sp³-hybridized carbons (Fsp3) is 0.625. The second-order valence-electron chi connectivity index (χ2n) is 5.28. The molecular formula is C16H25NO. The lowest BCUT2D eigenvalue weighted by Gasteiger charge is -2.21. The molecule has 18 heavy (non-hydrogen) atoms. The van der Waals surface area contributed by atoms with Crippen LogP contribution in [0, 0.1) is 5.92 Å². The number of nitrogens with one attached hydrogen (secondary N) is 1. The summed E-state index contributed by atoms with van der Waals surface area (Å²) in [7, 11) is 1.74. The van der Waals surface area contributed by atoms with E-state index in [4.69, 9.17) is 4.74 Å². The molecule has 100 valence electrons. The van der Waals surface area contributed by atoms with Crippen molar-refractivity contribution in [1.82, 2.24) is 5.32 Å². The monoisotopic (exact) mass is 247 g/mol. The fourth-order valence-electron chi connectivity index (χ4n) is 2.85. The quantitative estimate of drug-likeness (QED) is 0.773. The maximum atomic E-state index is 5.35. The molecule has 2 heteroatoms. The van der Waals surface area contributed by atoms with Crippen LogP contribution in [0.3, 0.4) is 0 Å². The molecule has 1 aromatic rings. The lowest BCUT2D eigenvalue weighted by Crippen LogP contribution is -2.19. The maximum absolute atomic E-state index is 5.35. The SMILES string of the molecule is COc1ccccc1CNCCC1CCCCC1. The van der Waals surface area contributed by atoms with Gasteiger partial charge in [0.15, 0.2) is 0 Å². The van der Waals surface area contributed by atoms with Crippen LogP contribution in [0.25, 0.3) is 0 Å². The molecular weight excluding hydrogens is 222 g/mol. The van der Waals surface area contributed by atoms with Gasteiger partial charge in [-0.1, -0.05) is 50.3 Å². The smallest absolute Gasteiger partial charge is 0.123 e. The van der Waals surface area contributed by atoms with Gasteiger partial charge in [-0.2, -0.15) is 0 Å². The molecule has 0 saturated heterocycles. The number of hydrogen-bond donors (Lipinski definition) is 1. The largest absolute Gasteiger partial charge is 0.496 e. The van der Waals surface area contributed by atoms with Crippen molar-refractivity contribution in [2.24, 2.45) is 5.92 Å². The van der Waals surface area contributed by atoms with Gasteiger partial charge in [0.25, 0.3) is 0 Å². The van der Waals surface area contributed by atoms with E-state index in [1.165, 1.54) is 44.1 Å². The van der Waals surface area contributed by atoms with Gasteiger partial charge in [0.2, 0.25) is 0 Å². The van der Waals surface area contributed by atoms with E-state index >= 15 is 0 Å². The van der Waals surface area contributed by atoms with Gasteiger partial charge in [0.1, 0.15) is 5.75 Å². The van der Waals surface area contributed by atoms with Crippen molar-refractivity contribution in [2.45, 2.75) is 45.1 Å². The summed E-state index contributed by atoms with van der Waals surface area (Å²) in [6.45, 7) is 2.04. The van der Waals surface area contributed by atoms with E-state index in [0.29, 0.717) is 0 Å². The molecule has 1 saturated carbocycles.